The van der Waals surface area contributed by atoms with Crippen molar-refractivity contribution in [3.05, 3.63) is 131 Å². The number of aromatic nitrogens is 2. The molecule has 5 rings (SSSR count). The van der Waals surface area contributed by atoms with Crippen LogP contribution in [0.2, 0.25) is 5.02 Å². The highest BCUT2D eigenvalue weighted by atomic mass is 35.5. The largest absolute Gasteiger partial charge is 0.497 e. The van der Waals surface area contributed by atoms with E-state index in [1.165, 1.54) is 11.1 Å². The molecule has 0 spiro atoms. The maximum atomic E-state index is 13.6. The predicted octanol–water partition coefficient (Wildman–Crippen LogP) is 7.16. The molecule has 0 saturated heterocycles. The molecule has 6 nitrogen and oxygen atoms in total. The highest BCUT2D eigenvalue weighted by Gasteiger charge is 2.21. The first-order valence-electron chi connectivity index (χ1n) is 13.0. The van der Waals surface area contributed by atoms with Crippen molar-refractivity contribution in [3.8, 4) is 28.4 Å². The average molecular weight is 552 g/mol. The zero-order valence-electron chi connectivity index (χ0n) is 22.4. The Morgan fingerprint density at radius 3 is 2.10 bits per heavy atom. The van der Waals surface area contributed by atoms with Crippen LogP contribution in [0.15, 0.2) is 109 Å². The first kappa shape index (κ1) is 27.0. The summed E-state index contributed by atoms with van der Waals surface area (Å²) in [5.74, 6) is 1.20. The zero-order chi connectivity index (χ0) is 27.9. The van der Waals surface area contributed by atoms with Gasteiger partial charge in [0.15, 0.2) is 0 Å². The van der Waals surface area contributed by atoms with Crippen LogP contribution in [0, 0.1) is 0 Å². The van der Waals surface area contributed by atoms with Crippen LogP contribution in [0.25, 0.3) is 16.9 Å². The van der Waals surface area contributed by atoms with Gasteiger partial charge in [0, 0.05) is 29.1 Å². The molecule has 0 atom stereocenters. The summed E-state index contributed by atoms with van der Waals surface area (Å²) in [5, 5.41) is 8.52. The number of amides is 1. The molecule has 5 aromatic rings. The van der Waals surface area contributed by atoms with E-state index in [0.717, 1.165) is 17.7 Å². The Bertz CT molecular complexity index is 1530. The van der Waals surface area contributed by atoms with E-state index in [1.807, 2.05) is 60.7 Å². The standard InChI is InChI=1S/C33H30ClN3O3/c1-39-27-17-18-29(32(21-27)40-2)30-22-31(37(36-30)26-15-13-25(34)14-16-26)33(38)35-20-19-28(23-9-5-3-6-10-23)24-11-7-4-8-12-24/h3-18,21-22,28H,19-20H2,1-2H3,(H,35,38). The molecule has 202 valence electrons. The summed E-state index contributed by atoms with van der Waals surface area (Å²) < 4.78 is 12.6. The molecule has 0 aliphatic rings. The molecule has 0 saturated carbocycles. The Balaban J connectivity index is 1.43. The normalized spacial score (nSPS) is 10.9. The topological polar surface area (TPSA) is 65.4 Å². The Labute approximate surface area is 239 Å². The predicted molar refractivity (Wildman–Crippen MR) is 159 cm³/mol. The highest BCUT2D eigenvalue weighted by Crippen LogP contribution is 2.34. The number of methoxy groups -OCH3 is 2. The second-order valence-electron chi connectivity index (χ2n) is 9.29. The minimum Gasteiger partial charge on any atom is -0.497 e. The molecule has 0 aliphatic heterocycles. The molecule has 1 heterocycles. The lowest BCUT2D eigenvalue weighted by Crippen LogP contribution is -2.28. The third kappa shape index (κ3) is 6.03. The summed E-state index contributed by atoms with van der Waals surface area (Å²) in [5.41, 5.74) is 4.90. The number of rotatable bonds is 10. The third-order valence-electron chi connectivity index (χ3n) is 6.82. The Hall–Kier alpha value is -4.55. The summed E-state index contributed by atoms with van der Waals surface area (Å²) >= 11 is 6.13. The molecule has 4 aromatic carbocycles. The minimum absolute atomic E-state index is 0.156. The zero-order valence-corrected chi connectivity index (χ0v) is 23.1. The number of nitrogens with zero attached hydrogens (tertiary/aromatic N) is 2. The summed E-state index contributed by atoms with van der Waals surface area (Å²) in [4.78, 5) is 13.6. The van der Waals surface area contributed by atoms with Gasteiger partial charge < -0.3 is 14.8 Å². The van der Waals surface area contributed by atoms with Crippen molar-refractivity contribution < 1.29 is 14.3 Å². The molecule has 1 amide bonds. The summed E-state index contributed by atoms with van der Waals surface area (Å²) in [6.45, 7) is 0.486. The molecule has 40 heavy (non-hydrogen) atoms. The highest BCUT2D eigenvalue weighted by molar-refractivity contribution is 6.30. The van der Waals surface area contributed by atoms with Crippen LogP contribution in [0.5, 0.6) is 11.5 Å². The van der Waals surface area contributed by atoms with Gasteiger partial charge in [-0.2, -0.15) is 5.10 Å². The van der Waals surface area contributed by atoms with E-state index in [2.05, 4.69) is 29.6 Å². The molecule has 0 radical (unpaired) electrons. The van der Waals surface area contributed by atoms with E-state index in [4.69, 9.17) is 26.2 Å². The van der Waals surface area contributed by atoms with Gasteiger partial charge in [-0.25, -0.2) is 4.68 Å². The molecule has 7 heteroatoms. The second-order valence-corrected chi connectivity index (χ2v) is 9.72. The van der Waals surface area contributed by atoms with Crippen LogP contribution < -0.4 is 14.8 Å². The monoisotopic (exact) mass is 551 g/mol. The number of ether oxygens (including phenoxy) is 2. The fraction of sp³-hybridized carbons (Fsp3) is 0.152. The lowest BCUT2D eigenvalue weighted by atomic mass is 9.88. The minimum atomic E-state index is -0.221. The Morgan fingerprint density at radius 2 is 1.50 bits per heavy atom. The quantitative estimate of drug-likeness (QED) is 0.200. The molecular weight excluding hydrogens is 522 g/mol. The number of halogens is 1. The van der Waals surface area contributed by atoms with Crippen molar-refractivity contribution in [2.75, 3.05) is 20.8 Å². The molecule has 0 unspecified atom stereocenters. The number of carbonyl (C=O) groups excluding carboxylic acids is 1. The van der Waals surface area contributed by atoms with E-state index >= 15 is 0 Å². The van der Waals surface area contributed by atoms with E-state index in [0.29, 0.717) is 34.5 Å². The number of carbonyl (C=O) groups is 1. The van der Waals surface area contributed by atoms with E-state index in [-0.39, 0.29) is 11.8 Å². The van der Waals surface area contributed by atoms with Crippen molar-refractivity contribution >= 4 is 17.5 Å². The first-order chi connectivity index (χ1) is 19.6. The van der Waals surface area contributed by atoms with E-state index in [1.54, 1.807) is 43.2 Å². The maximum absolute atomic E-state index is 13.6. The van der Waals surface area contributed by atoms with Gasteiger partial charge in [0.2, 0.25) is 0 Å². The molecular formula is C33H30ClN3O3. The molecule has 0 bridgehead atoms. The van der Waals surface area contributed by atoms with E-state index < -0.39 is 0 Å². The fourth-order valence-corrected chi connectivity index (χ4v) is 4.91. The van der Waals surface area contributed by atoms with Crippen molar-refractivity contribution in [1.29, 1.82) is 0 Å². The Kier molecular flexibility index (Phi) is 8.47. The molecule has 0 aliphatic carbocycles. The molecule has 1 N–H and O–H groups in total. The van der Waals surface area contributed by atoms with Crippen LogP contribution in [0.1, 0.15) is 34.0 Å². The van der Waals surface area contributed by atoms with Crippen molar-refractivity contribution in [2.45, 2.75) is 12.3 Å². The molecule has 1 aromatic heterocycles. The number of hydrogen-bond donors (Lipinski definition) is 1. The fourth-order valence-electron chi connectivity index (χ4n) is 4.78. The SMILES string of the molecule is COc1ccc(-c2cc(C(=O)NCCC(c3ccccc3)c3ccccc3)n(-c3ccc(Cl)cc3)n2)c(OC)c1. The van der Waals surface area contributed by atoms with Crippen molar-refractivity contribution in [2.24, 2.45) is 0 Å². The smallest absolute Gasteiger partial charge is 0.270 e. The maximum Gasteiger partial charge on any atom is 0.270 e. The summed E-state index contributed by atoms with van der Waals surface area (Å²) in [7, 11) is 3.20. The number of nitrogens with one attached hydrogen (secondary N) is 1. The van der Waals surface area contributed by atoms with Crippen LogP contribution in [-0.2, 0) is 0 Å². The van der Waals surface area contributed by atoms with Gasteiger partial charge in [-0.05, 0) is 60.0 Å². The Morgan fingerprint density at radius 1 is 0.850 bits per heavy atom. The lowest BCUT2D eigenvalue weighted by Gasteiger charge is -2.18. The van der Waals surface area contributed by atoms with Gasteiger partial charge in [0.05, 0.1) is 25.6 Å². The summed E-state index contributed by atoms with van der Waals surface area (Å²) in [6.07, 6.45) is 0.744. The third-order valence-corrected chi connectivity index (χ3v) is 7.07. The van der Waals surface area contributed by atoms with Crippen molar-refractivity contribution in [1.82, 2.24) is 15.1 Å². The van der Waals surface area contributed by atoms with E-state index in [9.17, 15) is 4.79 Å². The van der Waals surface area contributed by atoms with Gasteiger partial charge >= 0.3 is 0 Å². The van der Waals surface area contributed by atoms with Crippen LogP contribution in [0.4, 0.5) is 0 Å². The second kappa shape index (κ2) is 12.5. The van der Waals surface area contributed by atoms with Crippen LogP contribution in [0.3, 0.4) is 0 Å². The van der Waals surface area contributed by atoms with Gasteiger partial charge in [0.1, 0.15) is 17.2 Å². The van der Waals surface area contributed by atoms with Gasteiger partial charge in [-0.15, -0.1) is 0 Å². The molecule has 0 fully saturated rings. The van der Waals surface area contributed by atoms with Gasteiger partial charge in [0.25, 0.3) is 5.91 Å². The van der Waals surface area contributed by atoms with Crippen LogP contribution in [-0.4, -0.2) is 36.5 Å². The first-order valence-corrected chi connectivity index (χ1v) is 13.4. The van der Waals surface area contributed by atoms with Crippen LogP contribution >= 0.6 is 11.6 Å². The summed E-state index contributed by atoms with van der Waals surface area (Å²) in [6, 6.07) is 35.2. The van der Waals surface area contributed by atoms with Crippen molar-refractivity contribution in [3.63, 3.8) is 0 Å². The van der Waals surface area contributed by atoms with Gasteiger partial charge in [-0.3, -0.25) is 4.79 Å². The van der Waals surface area contributed by atoms with Gasteiger partial charge in [-0.1, -0.05) is 72.3 Å². The average Bonchev–Trinajstić information content (AvgIpc) is 3.45. The lowest BCUT2D eigenvalue weighted by molar-refractivity contribution is 0.0945. The number of hydrogen-bond acceptors (Lipinski definition) is 4. The number of benzene rings is 4.